The van der Waals surface area contributed by atoms with Crippen LogP contribution in [0.3, 0.4) is 0 Å². The summed E-state index contributed by atoms with van der Waals surface area (Å²) < 4.78 is 10.2. The number of aliphatic hydroxyl groups excluding tert-OH is 2. The van der Waals surface area contributed by atoms with Crippen LogP contribution in [0.5, 0.6) is 11.5 Å². The molecule has 0 aromatic heterocycles. The van der Waals surface area contributed by atoms with Crippen molar-refractivity contribution in [2.45, 2.75) is 26.7 Å². The average molecular weight is 482 g/mol. The van der Waals surface area contributed by atoms with Gasteiger partial charge in [-0.15, -0.1) is 0 Å². The number of hydrogen-bond acceptors (Lipinski definition) is 2. The first kappa shape index (κ1) is 27.8. The Labute approximate surface area is 192 Å². The number of carbonyl (C=O) groups excluding carboxylic acids is 2. The number of ether oxygens (including phenoxy) is 2. The number of rotatable bonds is 8. The minimum atomic E-state index is -0.0144. The van der Waals surface area contributed by atoms with Crippen molar-refractivity contribution in [3.63, 3.8) is 0 Å². The van der Waals surface area contributed by atoms with E-state index in [0.29, 0.717) is 22.9 Å². The summed E-state index contributed by atoms with van der Waals surface area (Å²) in [6.07, 6.45) is 0.218. The van der Waals surface area contributed by atoms with Gasteiger partial charge in [0.15, 0.2) is 24.3 Å². The van der Waals surface area contributed by atoms with Crippen LogP contribution in [0, 0.1) is 0 Å². The van der Waals surface area contributed by atoms with Crippen LogP contribution in [-0.4, -0.2) is 57.4 Å². The van der Waals surface area contributed by atoms with E-state index >= 15 is 0 Å². The molecule has 0 bridgehead atoms. The third kappa shape index (κ3) is 11.0. The molecule has 0 saturated heterocycles. The van der Waals surface area contributed by atoms with Gasteiger partial charge < -0.3 is 19.7 Å². The Morgan fingerprint density at radius 2 is 1.06 bits per heavy atom. The molecule has 0 aliphatic heterocycles. The van der Waals surface area contributed by atoms with Gasteiger partial charge in [0.25, 0.3) is 0 Å². The van der Waals surface area contributed by atoms with Crippen molar-refractivity contribution in [2.75, 3.05) is 14.2 Å². The zero-order valence-electron chi connectivity index (χ0n) is 17.9. The fourth-order valence-corrected chi connectivity index (χ4v) is 2.38. The predicted molar refractivity (Wildman–Crippen MR) is 117 cm³/mol. The summed E-state index contributed by atoms with van der Waals surface area (Å²) in [5.41, 5.74) is 1.33. The fraction of sp³-hybridized carbons (Fsp3) is 0.273. The van der Waals surface area contributed by atoms with Crippen molar-refractivity contribution in [2.24, 2.45) is 0 Å². The zero-order valence-corrected chi connectivity index (χ0v) is 18.9. The smallest absolute Gasteiger partial charge is 0.351 e. The van der Waals surface area contributed by atoms with Crippen molar-refractivity contribution in [1.82, 2.24) is 0 Å². The first-order valence-electron chi connectivity index (χ1n) is 9.19. The van der Waals surface area contributed by atoms with Crippen LogP contribution in [0.1, 0.15) is 26.7 Å². The quantitative estimate of drug-likeness (QED) is 0.191. The van der Waals surface area contributed by atoms with Crippen molar-refractivity contribution in [3.05, 3.63) is 48.5 Å². The molecule has 1 radical (unpaired) electrons. The van der Waals surface area contributed by atoms with Crippen LogP contribution in [0.25, 0.3) is 0 Å². The maximum atomic E-state index is 9.46. The van der Waals surface area contributed by atoms with E-state index in [1.54, 1.807) is 38.5 Å². The van der Waals surface area contributed by atoms with E-state index in [1.165, 1.54) is 13.8 Å². The molecule has 2 aromatic rings. The zero-order chi connectivity index (χ0) is 22.5. The Balaban J connectivity index is 0.000000562. The average Bonchev–Trinajstić information content (AvgIpc) is 2.68. The number of hydrogen-bond donors (Lipinski definition) is 4. The molecule has 171 valence electrons. The molecule has 0 fully saturated rings. The van der Waals surface area contributed by atoms with Crippen LogP contribution in [0.2, 0.25) is 0 Å². The second-order valence-corrected chi connectivity index (χ2v) is 6.37. The van der Waals surface area contributed by atoms with Crippen molar-refractivity contribution in [3.8, 4) is 11.5 Å². The topological polar surface area (TPSA) is 130 Å². The summed E-state index contributed by atoms with van der Waals surface area (Å²) in [7, 11) is 3.11. The van der Waals surface area contributed by atoms with Gasteiger partial charge in [-0.25, -0.2) is 0 Å². The second-order valence-electron chi connectivity index (χ2n) is 6.37. The van der Waals surface area contributed by atoms with E-state index in [-0.39, 0.29) is 53.3 Å². The number of methoxy groups -OCH3 is 2. The van der Waals surface area contributed by atoms with Gasteiger partial charge >= 0.3 is 23.4 Å². The van der Waals surface area contributed by atoms with Gasteiger partial charge in [0, 0.05) is 43.0 Å². The van der Waals surface area contributed by atoms with Gasteiger partial charge in [-0.2, -0.15) is 9.98 Å². The van der Waals surface area contributed by atoms with E-state index < -0.39 is 0 Å². The van der Waals surface area contributed by atoms with Crippen molar-refractivity contribution >= 4 is 34.7 Å². The maximum Gasteiger partial charge on any atom is 0.351 e. The molecule has 0 saturated carbocycles. The number of aliphatic hydroxyl groups is 2. The molecule has 0 heterocycles. The third-order valence-corrected chi connectivity index (χ3v) is 3.62. The van der Waals surface area contributed by atoms with E-state index in [1.807, 2.05) is 24.3 Å². The predicted octanol–water partition coefficient (Wildman–Crippen LogP) is 0.635. The molecule has 6 N–H and O–H groups in total. The maximum absolute atomic E-state index is 9.46. The summed E-state index contributed by atoms with van der Waals surface area (Å²) in [5.74, 6) is 1.54. The molecule has 9 heteroatoms. The Hall–Kier alpha value is -3.16. The number of ketones is 2. The normalized spacial score (nSPS) is 10.8. The minimum absolute atomic E-state index is 0. The van der Waals surface area contributed by atoms with Gasteiger partial charge in [-0.1, -0.05) is 24.3 Å². The van der Waals surface area contributed by atoms with Crippen molar-refractivity contribution < 1.29 is 56.3 Å². The first-order valence-corrected chi connectivity index (χ1v) is 9.19. The number of para-hydroxylation sites is 4. The summed E-state index contributed by atoms with van der Waals surface area (Å²) in [6, 6.07) is 14.5. The molecule has 0 amide bonds. The van der Waals surface area contributed by atoms with Gasteiger partial charge in [0.2, 0.25) is 11.4 Å². The molecule has 8 nitrogen and oxygen atoms in total. The van der Waals surface area contributed by atoms with E-state index in [0.717, 1.165) is 0 Å². The van der Waals surface area contributed by atoms with Crippen LogP contribution >= 0.6 is 0 Å². The molecule has 0 aliphatic rings. The van der Waals surface area contributed by atoms with Crippen molar-refractivity contribution in [1.29, 1.82) is 0 Å². The first-order chi connectivity index (χ1) is 14.3. The van der Waals surface area contributed by atoms with Crippen LogP contribution in [0.4, 0.5) is 11.4 Å². The molecule has 2 aromatic carbocycles. The van der Waals surface area contributed by atoms with Gasteiger partial charge in [-0.05, 0) is 12.1 Å². The molecule has 0 aliphatic carbocycles. The molecular formula is C22H30CuN2O6+4. The van der Waals surface area contributed by atoms with Gasteiger partial charge in [-0.3, -0.25) is 9.59 Å². The van der Waals surface area contributed by atoms with E-state index in [4.69, 9.17) is 19.1 Å². The van der Waals surface area contributed by atoms with Crippen LogP contribution in [0.15, 0.2) is 48.5 Å². The van der Waals surface area contributed by atoms with Crippen LogP contribution in [-0.2, 0) is 17.1 Å². The minimum Gasteiger partial charge on any atom is -0.490 e. The summed E-state index contributed by atoms with van der Waals surface area (Å²) >= 11 is 0. The number of benzene rings is 2. The summed E-state index contributed by atoms with van der Waals surface area (Å²) in [5, 5.41) is 18.9. The Morgan fingerprint density at radius 3 is 1.35 bits per heavy atom. The van der Waals surface area contributed by atoms with Crippen LogP contribution < -0.4 is 19.5 Å². The van der Waals surface area contributed by atoms with Gasteiger partial charge in [0.1, 0.15) is 0 Å². The van der Waals surface area contributed by atoms with E-state index in [2.05, 4.69) is 9.98 Å². The second kappa shape index (κ2) is 14.8. The van der Waals surface area contributed by atoms with Gasteiger partial charge in [0.05, 0.1) is 14.2 Å². The fourth-order valence-electron chi connectivity index (χ4n) is 2.38. The Kier molecular flexibility index (Phi) is 13.3. The molecular weight excluding hydrogens is 452 g/mol. The summed E-state index contributed by atoms with van der Waals surface area (Å²) in [4.78, 5) is 23.5. The Morgan fingerprint density at radius 1 is 0.742 bits per heavy atom. The molecule has 0 atom stereocenters. The molecule has 31 heavy (non-hydrogen) atoms. The Bertz CT molecular complexity index is 852. The van der Waals surface area contributed by atoms with E-state index in [9.17, 15) is 10.2 Å². The molecule has 0 spiro atoms. The third-order valence-electron chi connectivity index (χ3n) is 3.62. The standard InChI is InChI=1S/2C11H13NO3.Cu/c2*1-8(13)7-11(14)12-9-5-3-4-6-10(9)15-2;/h2*3-6H,7H2,1-2H3,(H,12,14);/p+4. The molecule has 2 rings (SSSR count). The largest absolute Gasteiger partial charge is 0.490 e. The number of nitrogens with one attached hydrogen (secondary N) is 2. The SMILES string of the molecule is COc1ccccc1[NH+]=C(O)CC(C)=[OH+].COc1ccccc1[NH+]=C(O)CC(C)=[OH+].[Cu]. The molecule has 0 unspecified atom stereocenters. The summed E-state index contributed by atoms with van der Waals surface area (Å²) in [6.45, 7) is 3.06. The monoisotopic (exact) mass is 481 g/mol.